The number of carbonyl (C=O) groups excluding carboxylic acids is 2. The maximum Gasteiger partial charge on any atom is 0.327 e. The van der Waals surface area contributed by atoms with Crippen molar-refractivity contribution in [2.24, 2.45) is 0 Å². The van der Waals surface area contributed by atoms with Gasteiger partial charge in [0, 0.05) is 11.8 Å². The molecule has 9 heteroatoms. The number of hydrogen-bond donors (Lipinski definition) is 2. The molecule has 0 saturated heterocycles. The average Bonchev–Trinajstić information content (AvgIpc) is 2.64. The normalized spacial score (nSPS) is 10.4. The largest absolute Gasteiger partial charge is 0.327 e. The molecular weight excluding hydrogens is 411 g/mol. The molecule has 0 spiro atoms. The summed E-state index contributed by atoms with van der Waals surface area (Å²) in [7, 11) is 0. The number of rotatable bonds is 3. The number of anilines is 1. The molecule has 0 fully saturated rings. The predicted octanol–water partition coefficient (Wildman–Crippen LogP) is 5.30. The Kier molecular flexibility index (Phi) is 5.87. The minimum absolute atomic E-state index is 0.128. The van der Waals surface area contributed by atoms with Gasteiger partial charge in [-0.05, 0) is 42.0 Å². The molecule has 0 saturated carbocycles. The van der Waals surface area contributed by atoms with Crippen LogP contribution in [0.3, 0.4) is 0 Å². The number of carbonyl (C=O) groups is 2. The van der Waals surface area contributed by atoms with Gasteiger partial charge in [-0.3, -0.25) is 15.4 Å². The van der Waals surface area contributed by atoms with Crippen molar-refractivity contribution >= 4 is 41.0 Å². The van der Waals surface area contributed by atoms with Gasteiger partial charge in [0.25, 0.3) is 5.91 Å². The van der Waals surface area contributed by atoms with Crippen LogP contribution in [0.15, 0.2) is 54.7 Å². The number of aromatic nitrogens is 1. The molecule has 3 amide bonds. The molecule has 0 bridgehead atoms. The number of pyridine rings is 1. The summed E-state index contributed by atoms with van der Waals surface area (Å²) in [5, 5.41) is 4.96. The van der Waals surface area contributed by atoms with E-state index < -0.39 is 29.1 Å². The van der Waals surface area contributed by atoms with Gasteiger partial charge in [-0.1, -0.05) is 35.3 Å². The Labute approximate surface area is 168 Å². The fraction of sp³-hybridized carbons (Fsp3) is 0. The van der Waals surface area contributed by atoms with E-state index in [0.717, 1.165) is 23.8 Å². The number of amides is 3. The van der Waals surface area contributed by atoms with Gasteiger partial charge in [-0.15, -0.1) is 0 Å². The summed E-state index contributed by atoms with van der Waals surface area (Å²) in [5.74, 6) is -3.23. The lowest BCUT2D eigenvalue weighted by molar-refractivity contribution is 0.0959. The third-order valence-electron chi connectivity index (χ3n) is 3.67. The van der Waals surface area contributed by atoms with Gasteiger partial charge in [0.05, 0.1) is 10.0 Å². The van der Waals surface area contributed by atoms with Gasteiger partial charge in [-0.2, -0.15) is 0 Å². The van der Waals surface area contributed by atoms with Crippen molar-refractivity contribution < 1.29 is 18.4 Å². The van der Waals surface area contributed by atoms with Gasteiger partial charge in [0.15, 0.2) is 0 Å². The van der Waals surface area contributed by atoms with Gasteiger partial charge in [0.1, 0.15) is 23.0 Å². The lowest BCUT2D eigenvalue weighted by Gasteiger charge is -2.08. The number of nitrogens with one attached hydrogen (secondary N) is 2. The third-order valence-corrected chi connectivity index (χ3v) is 4.41. The van der Waals surface area contributed by atoms with E-state index in [1.165, 1.54) is 12.3 Å². The summed E-state index contributed by atoms with van der Waals surface area (Å²) in [4.78, 5) is 27.8. The van der Waals surface area contributed by atoms with Gasteiger partial charge in [-0.25, -0.2) is 18.6 Å². The van der Waals surface area contributed by atoms with Crippen molar-refractivity contribution in [3.05, 3.63) is 82.0 Å². The highest BCUT2D eigenvalue weighted by molar-refractivity contribution is 6.42. The molecule has 0 radical (unpaired) electrons. The maximum atomic E-state index is 13.6. The maximum absolute atomic E-state index is 13.6. The Morgan fingerprint density at radius 2 is 1.57 bits per heavy atom. The molecule has 0 atom stereocenters. The quantitative estimate of drug-likeness (QED) is 0.602. The highest BCUT2D eigenvalue weighted by Crippen LogP contribution is 2.28. The van der Waals surface area contributed by atoms with E-state index in [1.54, 1.807) is 24.3 Å². The molecule has 1 aromatic heterocycles. The summed E-state index contributed by atoms with van der Waals surface area (Å²) in [5.41, 5.74) is 0.637. The predicted molar refractivity (Wildman–Crippen MR) is 103 cm³/mol. The topological polar surface area (TPSA) is 71.1 Å². The first-order valence-electron chi connectivity index (χ1n) is 7.83. The lowest BCUT2D eigenvalue weighted by Crippen LogP contribution is -2.35. The first-order chi connectivity index (χ1) is 13.3. The van der Waals surface area contributed by atoms with Gasteiger partial charge in [0.2, 0.25) is 0 Å². The summed E-state index contributed by atoms with van der Waals surface area (Å²) >= 11 is 11.9. The second-order valence-corrected chi connectivity index (χ2v) is 6.38. The van der Waals surface area contributed by atoms with E-state index in [9.17, 15) is 18.4 Å². The van der Waals surface area contributed by atoms with Crippen LogP contribution in [0, 0.1) is 11.6 Å². The van der Waals surface area contributed by atoms with Gasteiger partial charge < -0.3 is 0 Å². The van der Waals surface area contributed by atoms with Gasteiger partial charge >= 0.3 is 6.03 Å². The minimum Gasteiger partial charge on any atom is -0.292 e. The molecule has 0 aliphatic heterocycles. The van der Waals surface area contributed by atoms with Crippen molar-refractivity contribution in [1.29, 1.82) is 0 Å². The average molecular weight is 422 g/mol. The summed E-state index contributed by atoms with van der Waals surface area (Å²) in [6, 6.07) is 10.2. The number of imide groups is 1. The van der Waals surface area contributed by atoms with Crippen LogP contribution in [0.25, 0.3) is 11.1 Å². The Bertz CT molecular complexity index is 1040. The highest BCUT2D eigenvalue weighted by atomic mass is 35.5. The van der Waals surface area contributed by atoms with Crippen molar-refractivity contribution in [3.8, 4) is 11.1 Å². The molecule has 28 heavy (non-hydrogen) atoms. The number of benzene rings is 2. The fourth-order valence-electron chi connectivity index (χ4n) is 2.34. The van der Waals surface area contributed by atoms with E-state index in [1.807, 2.05) is 5.32 Å². The molecule has 5 nitrogen and oxygen atoms in total. The molecular formula is C19H11Cl2F2N3O2. The number of hydrogen-bond acceptors (Lipinski definition) is 3. The van der Waals surface area contributed by atoms with Crippen LogP contribution >= 0.6 is 23.2 Å². The molecule has 142 valence electrons. The van der Waals surface area contributed by atoms with E-state index >= 15 is 0 Å². The van der Waals surface area contributed by atoms with Crippen LogP contribution in [0.4, 0.5) is 19.4 Å². The number of nitrogens with zero attached hydrogens (tertiary/aromatic N) is 1. The summed E-state index contributed by atoms with van der Waals surface area (Å²) < 4.78 is 27.1. The molecule has 0 aliphatic rings. The zero-order chi connectivity index (χ0) is 20.3. The molecule has 1 heterocycles. The molecule has 0 unspecified atom stereocenters. The molecule has 0 aliphatic carbocycles. The number of urea groups is 1. The van der Waals surface area contributed by atoms with Crippen LogP contribution in [0.2, 0.25) is 10.0 Å². The molecule has 3 rings (SSSR count). The lowest BCUT2D eigenvalue weighted by atomic mass is 10.1. The second kappa shape index (κ2) is 8.33. The van der Waals surface area contributed by atoms with E-state index in [2.05, 4.69) is 10.3 Å². The van der Waals surface area contributed by atoms with E-state index in [-0.39, 0.29) is 5.82 Å². The van der Waals surface area contributed by atoms with Crippen LogP contribution in [0.5, 0.6) is 0 Å². The number of halogens is 4. The van der Waals surface area contributed by atoms with Crippen molar-refractivity contribution in [1.82, 2.24) is 10.3 Å². The van der Waals surface area contributed by atoms with Crippen LogP contribution in [0.1, 0.15) is 10.4 Å². The monoisotopic (exact) mass is 421 g/mol. The molecule has 2 aromatic carbocycles. The SMILES string of the molecule is O=C(NC(=O)c1c(F)cccc1F)Nc1ccc(-c2ccc(Cl)c(Cl)c2)cn1. The van der Waals surface area contributed by atoms with Crippen LogP contribution in [-0.2, 0) is 0 Å². The highest BCUT2D eigenvalue weighted by Gasteiger charge is 2.19. The Morgan fingerprint density at radius 3 is 2.18 bits per heavy atom. The second-order valence-electron chi connectivity index (χ2n) is 5.57. The first-order valence-corrected chi connectivity index (χ1v) is 8.58. The third kappa shape index (κ3) is 4.44. The fourth-order valence-corrected chi connectivity index (χ4v) is 2.64. The molecule has 2 N–H and O–H groups in total. The van der Waals surface area contributed by atoms with Crippen LogP contribution < -0.4 is 10.6 Å². The van der Waals surface area contributed by atoms with Crippen molar-refractivity contribution in [2.75, 3.05) is 5.32 Å². The Balaban J connectivity index is 1.67. The minimum atomic E-state index is -1.21. The van der Waals surface area contributed by atoms with E-state index in [0.29, 0.717) is 15.6 Å². The van der Waals surface area contributed by atoms with Crippen molar-refractivity contribution in [2.45, 2.75) is 0 Å². The Morgan fingerprint density at radius 1 is 0.893 bits per heavy atom. The zero-order valence-corrected chi connectivity index (χ0v) is 15.5. The van der Waals surface area contributed by atoms with Crippen molar-refractivity contribution in [3.63, 3.8) is 0 Å². The Hall–Kier alpha value is -3.03. The van der Waals surface area contributed by atoms with E-state index in [4.69, 9.17) is 23.2 Å². The summed E-state index contributed by atoms with van der Waals surface area (Å²) in [6.45, 7) is 0. The zero-order valence-electron chi connectivity index (χ0n) is 14.0. The standard InChI is InChI=1S/C19H11Cl2F2N3O2/c20-12-6-4-10(8-13(12)21)11-5-7-16(24-9-11)25-19(28)26-18(27)17-14(22)2-1-3-15(17)23/h1-9H,(H2,24,25,26,27,28). The smallest absolute Gasteiger partial charge is 0.292 e. The molecule has 3 aromatic rings. The van der Waals surface area contributed by atoms with Crippen LogP contribution in [-0.4, -0.2) is 16.9 Å². The first kappa shape index (κ1) is 19.7. The summed E-state index contributed by atoms with van der Waals surface area (Å²) in [6.07, 6.45) is 1.48.